The molecule has 0 radical (unpaired) electrons. The standard InChI is InChI=1S/C22H23N3O3/c1-11-14-7-5-9-25-8-4-6-13(19(14)25)10-15(11)17-20(26)18(21(17)27)16-12(2)23-24(3)22(16)28/h10H,4-9H2,1-3H3,(H,26,27). The first-order chi connectivity index (χ1) is 13.4. The van der Waals surface area contributed by atoms with E-state index >= 15 is 0 Å². The number of carbonyl (C=O) groups is 1. The molecule has 1 aromatic heterocycles. The third-order valence-electron chi connectivity index (χ3n) is 6.43. The van der Waals surface area contributed by atoms with E-state index in [0.29, 0.717) is 5.69 Å². The molecule has 0 atom stereocenters. The second kappa shape index (κ2) is 5.80. The zero-order valence-electron chi connectivity index (χ0n) is 16.4. The van der Waals surface area contributed by atoms with Crippen LogP contribution in [0, 0.1) is 13.8 Å². The van der Waals surface area contributed by atoms with Crippen LogP contribution in [0.1, 0.15) is 40.8 Å². The molecule has 6 nitrogen and oxygen atoms in total. The van der Waals surface area contributed by atoms with Gasteiger partial charge in [-0.25, -0.2) is 9.26 Å². The van der Waals surface area contributed by atoms with Gasteiger partial charge >= 0.3 is 0 Å². The van der Waals surface area contributed by atoms with E-state index in [1.165, 1.54) is 21.2 Å². The Morgan fingerprint density at radius 1 is 1.18 bits per heavy atom. The minimum absolute atomic E-state index is 0.0606. The van der Waals surface area contributed by atoms with Gasteiger partial charge in [0.1, 0.15) is 13.1 Å². The molecule has 1 aromatic carbocycles. The first-order valence-electron chi connectivity index (χ1n) is 9.87. The molecule has 2 aliphatic heterocycles. The number of aromatic hydroxyl groups is 1. The van der Waals surface area contributed by atoms with Gasteiger partial charge in [-0.1, -0.05) is 5.76 Å². The van der Waals surface area contributed by atoms with Crippen molar-refractivity contribution < 1.29 is 15.0 Å². The quantitative estimate of drug-likeness (QED) is 0.688. The predicted molar refractivity (Wildman–Crippen MR) is 103 cm³/mol. The zero-order chi connectivity index (χ0) is 19.7. The second-order valence-corrected chi connectivity index (χ2v) is 8.05. The summed E-state index contributed by atoms with van der Waals surface area (Å²) in [4.78, 5) is 13.0. The Morgan fingerprint density at radius 3 is 2.54 bits per heavy atom. The van der Waals surface area contributed by atoms with Crippen LogP contribution in [0.5, 0.6) is 5.88 Å². The fourth-order valence-corrected chi connectivity index (χ4v) is 5.08. The molecule has 2 aromatic rings. The zero-order valence-corrected chi connectivity index (χ0v) is 16.4. The number of hydrogen-bond acceptors (Lipinski definition) is 4. The van der Waals surface area contributed by atoms with Crippen molar-refractivity contribution in [2.24, 2.45) is 7.05 Å². The summed E-state index contributed by atoms with van der Waals surface area (Å²) in [5.74, 6) is -0.702. The number of ketones is 1. The van der Waals surface area contributed by atoms with Crippen LogP contribution in [0.2, 0.25) is 0 Å². The van der Waals surface area contributed by atoms with E-state index in [9.17, 15) is 15.0 Å². The van der Waals surface area contributed by atoms with Gasteiger partial charge in [0, 0.05) is 42.2 Å². The van der Waals surface area contributed by atoms with E-state index < -0.39 is 0 Å². The number of nitrogens with zero attached hydrogens (tertiary/aromatic N) is 3. The topological polar surface area (TPSA) is 81.2 Å². The molecule has 0 unspecified atom stereocenters. The van der Waals surface area contributed by atoms with Gasteiger partial charge in [-0.3, -0.25) is 4.79 Å². The number of aryl methyl sites for hydroxylation is 3. The maximum atomic E-state index is 13.0. The smallest absolute Gasteiger partial charge is 0.217 e. The molecule has 0 spiro atoms. The van der Waals surface area contributed by atoms with Crippen LogP contribution in [-0.4, -0.2) is 33.8 Å². The minimum Gasteiger partial charge on any atom is -0.871 e. The number of rotatable bonds is 1. The van der Waals surface area contributed by atoms with Crippen molar-refractivity contribution in [3.8, 4) is 5.88 Å². The Labute approximate surface area is 162 Å². The van der Waals surface area contributed by atoms with Crippen LogP contribution in [0.25, 0.3) is 11.1 Å². The van der Waals surface area contributed by atoms with Gasteiger partial charge in [-0.15, -0.1) is 0 Å². The van der Waals surface area contributed by atoms with Gasteiger partial charge < -0.3 is 10.2 Å². The molecule has 6 heteroatoms. The fourth-order valence-electron chi connectivity index (χ4n) is 5.08. The average Bonchev–Trinajstić information content (AvgIpc) is 2.92. The fraction of sp³-hybridized carbons (Fsp3) is 0.409. The Hall–Kier alpha value is -2.89. The summed E-state index contributed by atoms with van der Waals surface area (Å²) in [7, 11) is 1.59. The molecule has 28 heavy (non-hydrogen) atoms. The van der Waals surface area contributed by atoms with E-state index in [4.69, 9.17) is 0 Å². The highest BCUT2D eigenvalue weighted by molar-refractivity contribution is 6.51. The first kappa shape index (κ1) is 17.2. The normalized spacial score (nSPS) is 20.4. The number of benzene rings is 1. The molecule has 0 saturated carbocycles. The molecular weight excluding hydrogens is 354 g/mol. The van der Waals surface area contributed by atoms with Gasteiger partial charge in [0.15, 0.2) is 5.78 Å². The van der Waals surface area contributed by atoms with E-state index in [2.05, 4.69) is 15.7 Å². The number of hydrogen-bond donors (Lipinski definition) is 1. The highest BCUT2D eigenvalue weighted by Crippen LogP contribution is 2.40. The third-order valence-corrected chi connectivity index (χ3v) is 6.43. The molecule has 3 heterocycles. The van der Waals surface area contributed by atoms with Crippen LogP contribution in [-0.2, 0) is 24.7 Å². The predicted octanol–water partition coefficient (Wildman–Crippen LogP) is -0.369. The van der Waals surface area contributed by atoms with E-state index in [0.717, 1.165) is 49.6 Å². The van der Waals surface area contributed by atoms with Crippen molar-refractivity contribution in [2.45, 2.75) is 39.5 Å². The molecule has 3 aliphatic rings. The summed E-state index contributed by atoms with van der Waals surface area (Å²) in [6.45, 7) is 5.90. The molecule has 0 fully saturated rings. The van der Waals surface area contributed by atoms with Crippen LogP contribution in [0.15, 0.2) is 11.8 Å². The Morgan fingerprint density at radius 2 is 1.89 bits per heavy atom. The second-order valence-electron chi connectivity index (χ2n) is 8.05. The summed E-state index contributed by atoms with van der Waals surface area (Å²) >= 11 is 0. The van der Waals surface area contributed by atoms with E-state index in [1.54, 1.807) is 14.0 Å². The van der Waals surface area contributed by atoms with Crippen LogP contribution in [0.3, 0.4) is 0 Å². The van der Waals surface area contributed by atoms with Gasteiger partial charge in [0.25, 0.3) is 0 Å². The van der Waals surface area contributed by atoms with Crippen molar-refractivity contribution in [1.29, 1.82) is 0 Å². The van der Waals surface area contributed by atoms with Crippen LogP contribution < -0.4 is 20.3 Å². The van der Waals surface area contributed by atoms with Gasteiger partial charge in [0.05, 0.1) is 11.3 Å². The number of carbonyl (C=O) groups excluding carboxylic acids is 1. The monoisotopic (exact) mass is 377 g/mol. The van der Waals surface area contributed by atoms with E-state index in [1.807, 2.05) is 6.92 Å². The molecule has 0 saturated heterocycles. The van der Waals surface area contributed by atoms with Crippen molar-refractivity contribution in [1.82, 2.24) is 14.4 Å². The van der Waals surface area contributed by atoms with Gasteiger partial charge in [0.2, 0.25) is 11.2 Å². The van der Waals surface area contributed by atoms with Gasteiger partial charge in [-0.2, -0.15) is 5.10 Å². The molecule has 1 N–H and O–H groups in total. The van der Waals surface area contributed by atoms with Crippen molar-refractivity contribution in [3.63, 3.8) is 0 Å². The summed E-state index contributed by atoms with van der Waals surface area (Å²) in [5, 5.41) is 29.5. The molecule has 0 amide bonds. The number of allylic oxidation sites excluding steroid dienone is 2. The van der Waals surface area contributed by atoms with Crippen molar-refractivity contribution >= 4 is 16.9 Å². The lowest BCUT2D eigenvalue weighted by Gasteiger charge is -2.31. The average molecular weight is 377 g/mol. The third kappa shape index (κ3) is 2.11. The minimum atomic E-state index is -0.282. The lowest BCUT2D eigenvalue weighted by Crippen LogP contribution is -2.46. The molecule has 144 valence electrons. The summed E-state index contributed by atoms with van der Waals surface area (Å²) in [6, 6.07) is 2.06. The summed E-state index contributed by atoms with van der Waals surface area (Å²) in [6.07, 6.45) is 4.19. The highest BCUT2D eigenvalue weighted by Gasteiger charge is 2.35. The Bertz CT molecular complexity index is 1230. The Balaban J connectivity index is 1.80. The van der Waals surface area contributed by atoms with Crippen molar-refractivity contribution in [2.75, 3.05) is 13.1 Å². The molecular formula is C22H23N3O3. The lowest BCUT2D eigenvalue weighted by molar-refractivity contribution is -0.293. The summed E-state index contributed by atoms with van der Waals surface area (Å²) in [5.41, 5.74) is 4.67. The SMILES string of the molecule is Cc1nn(C)c(O)c1C1=C([O-])/C(=c2/cc3c4c(c2C)CCC[N+]=4CCC3)C1=O. The van der Waals surface area contributed by atoms with Crippen molar-refractivity contribution in [3.05, 3.63) is 50.3 Å². The van der Waals surface area contributed by atoms with Gasteiger partial charge in [-0.05, 0) is 43.5 Å². The maximum Gasteiger partial charge on any atom is 0.217 e. The molecule has 5 rings (SSSR count). The first-order valence-corrected chi connectivity index (χ1v) is 9.87. The van der Waals surface area contributed by atoms with E-state index in [-0.39, 0.29) is 34.1 Å². The molecule has 0 bridgehead atoms. The highest BCUT2D eigenvalue weighted by atomic mass is 16.3. The Kier molecular flexibility index (Phi) is 3.57. The maximum absolute atomic E-state index is 13.0. The largest absolute Gasteiger partial charge is 0.871 e. The number of aromatic nitrogens is 2. The summed E-state index contributed by atoms with van der Waals surface area (Å²) < 4.78 is 3.75. The van der Waals surface area contributed by atoms with Crippen LogP contribution >= 0.6 is 0 Å². The number of Topliss-reactive ketones (excluding diaryl/α,β-unsaturated/α-hetero) is 1. The lowest BCUT2D eigenvalue weighted by atomic mass is 9.80. The molecule has 1 aliphatic carbocycles. The van der Waals surface area contributed by atoms with Crippen LogP contribution in [0.4, 0.5) is 0 Å².